The standard InChI is InChI=1S/C16H22N4/c1-11(2)9-17-10-15-5-6-18-16(20-15)14-7-12(3)19-13(4)8-14/h5-8,11,17H,9-10H2,1-4H3. The van der Waals surface area contributed by atoms with Crippen molar-refractivity contribution >= 4 is 0 Å². The number of nitrogens with one attached hydrogen (secondary N) is 1. The average Bonchev–Trinajstić information content (AvgIpc) is 2.37. The smallest absolute Gasteiger partial charge is 0.159 e. The molecule has 0 bridgehead atoms. The molecule has 20 heavy (non-hydrogen) atoms. The first-order valence-electron chi connectivity index (χ1n) is 7.03. The molecule has 0 radical (unpaired) electrons. The van der Waals surface area contributed by atoms with Crippen LogP contribution in [0.3, 0.4) is 0 Å². The van der Waals surface area contributed by atoms with Gasteiger partial charge in [-0.2, -0.15) is 0 Å². The van der Waals surface area contributed by atoms with Crippen molar-refractivity contribution in [3.05, 3.63) is 41.5 Å². The molecule has 106 valence electrons. The number of hydrogen-bond acceptors (Lipinski definition) is 4. The van der Waals surface area contributed by atoms with Crippen LogP contribution in [0.5, 0.6) is 0 Å². The molecule has 0 fully saturated rings. The van der Waals surface area contributed by atoms with Crippen molar-refractivity contribution in [2.45, 2.75) is 34.2 Å². The van der Waals surface area contributed by atoms with Gasteiger partial charge in [-0.15, -0.1) is 0 Å². The maximum Gasteiger partial charge on any atom is 0.159 e. The van der Waals surface area contributed by atoms with Crippen molar-refractivity contribution in [2.75, 3.05) is 6.54 Å². The van der Waals surface area contributed by atoms with Gasteiger partial charge >= 0.3 is 0 Å². The Bertz CT molecular complexity index is 558. The van der Waals surface area contributed by atoms with Crippen molar-refractivity contribution in [3.63, 3.8) is 0 Å². The second kappa shape index (κ2) is 6.57. The third-order valence-electron chi connectivity index (χ3n) is 2.91. The minimum atomic E-state index is 0.641. The number of nitrogens with zero attached hydrogens (tertiary/aromatic N) is 3. The molecular weight excluding hydrogens is 248 g/mol. The van der Waals surface area contributed by atoms with Crippen LogP contribution >= 0.6 is 0 Å². The highest BCUT2D eigenvalue weighted by molar-refractivity contribution is 5.55. The molecule has 0 saturated heterocycles. The zero-order valence-corrected chi connectivity index (χ0v) is 12.6. The molecule has 4 heteroatoms. The van der Waals surface area contributed by atoms with E-state index in [-0.39, 0.29) is 0 Å². The highest BCUT2D eigenvalue weighted by Gasteiger charge is 2.05. The molecule has 0 aromatic carbocycles. The minimum absolute atomic E-state index is 0.641. The third-order valence-corrected chi connectivity index (χ3v) is 2.91. The molecule has 2 aromatic heterocycles. The average molecular weight is 270 g/mol. The number of pyridine rings is 1. The Labute approximate surface area is 120 Å². The van der Waals surface area contributed by atoms with Gasteiger partial charge in [0.05, 0.1) is 5.69 Å². The summed E-state index contributed by atoms with van der Waals surface area (Å²) in [4.78, 5) is 13.4. The lowest BCUT2D eigenvalue weighted by atomic mass is 10.2. The van der Waals surface area contributed by atoms with Gasteiger partial charge in [0.15, 0.2) is 5.82 Å². The van der Waals surface area contributed by atoms with E-state index in [0.29, 0.717) is 5.92 Å². The summed E-state index contributed by atoms with van der Waals surface area (Å²) in [5.41, 5.74) is 4.03. The van der Waals surface area contributed by atoms with E-state index in [4.69, 9.17) is 0 Å². The third kappa shape index (κ3) is 4.10. The second-order valence-corrected chi connectivity index (χ2v) is 5.53. The predicted molar refractivity (Wildman–Crippen MR) is 81.3 cm³/mol. The van der Waals surface area contributed by atoms with Crippen LogP contribution in [0.2, 0.25) is 0 Å². The number of aryl methyl sites for hydroxylation is 2. The first kappa shape index (κ1) is 14.6. The lowest BCUT2D eigenvalue weighted by Crippen LogP contribution is -2.19. The largest absolute Gasteiger partial charge is 0.311 e. The lowest BCUT2D eigenvalue weighted by molar-refractivity contribution is 0.548. The van der Waals surface area contributed by atoms with E-state index in [2.05, 4.69) is 34.1 Å². The Kier molecular flexibility index (Phi) is 4.79. The summed E-state index contributed by atoms with van der Waals surface area (Å²) in [6.07, 6.45) is 1.82. The molecule has 0 aliphatic rings. The van der Waals surface area contributed by atoms with E-state index >= 15 is 0 Å². The van der Waals surface area contributed by atoms with Crippen LogP contribution in [0.15, 0.2) is 24.4 Å². The van der Waals surface area contributed by atoms with Crippen molar-refractivity contribution in [1.29, 1.82) is 0 Å². The van der Waals surface area contributed by atoms with E-state index < -0.39 is 0 Å². The van der Waals surface area contributed by atoms with E-state index in [1.807, 2.05) is 38.2 Å². The van der Waals surface area contributed by atoms with Crippen molar-refractivity contribution in [2.24, 2.45) is 5.92 Å². The quantitative estimate of drug-likeness (QED) is 0.907. The molecule has 0 atom stereocenters. The predicted octanol–water partition coefficient (Wildman–Crippen LogP) is 2.90. The highest BCUT2D eigenvalue weighted by Crippen LogP contribution is 2.16. The first-order valence-corrected chi connectivity index (χ1v) is 7.03. The zero-order valence-electron chi connectivity index (χ0n) is 12.6. The number of hydrogen-bond donors (Lipinski definition) is 1. The Hall–Kier alpha value is -1.81. The molecule has 2 heterocycles. The minimum Gasteiger partial charge on any atom is -0.311 e. The molecule has 1 N–H and O–H groups in total. The van der Waals surface area contributed by atoms with Gasteiger partial charge in [0.25, 0.3) is 0 Å². The summed E-state index contributed by atoms with van der Waals surface area (Å²) in [7, 11) is 0. The topological polar surface area (TPSA) is 50.7 Å². The molecule has 0 amide bonds. The summed E-state index contributed by atoms with van der Waals surface area (Å²) in [5.74, 6) is 1.41. The summed E-state index contributed by atoms with van der Waals surface area (Å²) in [5, 5.41) is 3.40. The Balaban J connectivity index is 2.16. The maximum atomic E-state index is 4.62. The van der Waals surface area contributed by atoms with Crippen molar-refractivity contribution in [3.8, 4) is 11.4 Å². The van der Waals surface area contributed by atoms with Crippen molar-refractivity contribution in [1.82, 2.24) is 20.3 Å². The zero-order chi connectivity index (χ0) is 14.5. The normalized spacial score (nSPS) is 11.1. The van der Waals surface area contributed by atoms with Gasteiger partial charge in [-0.05, 0) is 44.5 Å². The van der Waals surface area contributed by atoms with Gasteiger partial charge in [0.1, 0.15) is 0 Å². The second-order valence-electron chi connectivity index (χ2n) is 5.53. The fourth-order valence-electron chi connectivity index (χ4n) is 2.09. The Morgan fingerprint density at radius 1 is 1.10 bits per heavy atom. The number of aromatic nitrogens is 3. The lowest BCUT2D eigenvalue weighted by Gasteiger charge is -2.08. The van der Waals surface area contributed by atoms with E-state index in [1.54, 1.807) is 0 Å². The fraction of sp³-hybridized carbons (Fsp3) is 0.438. The molecule has 0 aliphatic carbocycles. The van der Waals surface area contributed by atoms with E-state index in [1.165, 1.54) is 0 Å². The molecule has 0 spiro atoms. The maximum absolute atomic E-state index is 4.62. The SMILES string of the molecule is Cc1cc(-c2nccc(CNCC(C)C)n2)cc(C)n1. The fourth-order valence-corrected chi connectivity index (χ4v) is 2.09. The van der Waals surface area contributed by atoms with Crippen LogP contribution in [0.1, 0.15) is 30.9 Å². The van der Waals surface area contributed by atoms with Gasteiger partial charge < -0.3 is 5.32 Å². The van der Waals surface area contributed by atoms with Crippen LogP contribution in [-0.4, -0.2) is 21.5 Å². The molecule has 2 rings (SSSR count). The molecule has 0 aliphatic heterocycles. The van der Waals surface area contributed by atoms with E-state index in [0.717, 1.165) is 41.6 Å². The highest BCUT2D eigenvalue weighted by atomic mass is 14.9. The monoisotopic (exact) mass is 270 g/mol. The molecule has 4 nitrogen and oxygen atoms in total. The molecule has 0 unspecified atom stereocenters. The van der Waals surface area contributed by atoms with Gasteiger partial charge in [-0.3, -0.25) is 4.98 Å². The van der Waals surface area contributed by atoms with Crippen LogP contribution in [0.4, 0.5) is 0 Å². The van der Waals surface area contributed by atoms with Crippen LogP contribution in [-0.2, 0) is 6.54 Å². The first-order chi connectivity index (χ1) is 9.54. The molecule has 2 aromatic rings. The Morgan fingerprint density at radius 3 is 2.45 bits per heavy atom. The van der Waals surface area contributed by atoms with Gasteiger partial charge in [0.2, 0.25) is 0 Å². The van der Waals surface area contributed by atoms with Crippen LogP contribution in [0, 0.1) is 19.8 Å². The molecular formula is C16H22N4. The van der Waals surface area contributed by atoms with Crippen LogP contribution in [0.25, 0.3) is 11.4 Å². The summed E-state index contributed by atoms with van der Waals surface area (Å²) in [6.45, 7) is 10.1. The van der Waals surface area contributed by atoms with Gasteiger partial charge in [0, 0.05) is 29.7 Å². The summed E-state index contributed by atoms with van der Waals surface area (Å²) in [6, 6.07) is 6.00. The Morgan fingerprint density at radius 2 is 1.80 bits per heavy atom. The van der Waals surface area contributed by atoms with E-state index in [9.17, 15) is 0 Å². The van der Waals surface area contributed by atoms with Gasteiger partial charge in [-0.25, -0.2) is 9.97 Å². The number of rotatable bonds is 5. The molecule has 0 saturated carbocycles. The van der Waals surface area contributed by atoms with Crippen LogP contribution < -0.4 is 5.32 Å². The summed E-state index contributed by atoms with van der Waals surface area (Å²) < 4.78 is 0. The van der Waals surface area contributed by atoms with Gasteiger partial charge in [-0.1, -0.05) is 13.8 Å². The summed E-state index contributed by atoms with van der Waals surface area (Å²) >= 11 is 0. The van der Waals surface area contributed by atoms with Crippen molar-refractivity contribution < 1.29 is 0 Å².